The molecule has 0 spiro atoms. The van der Waals surface area contributed by atoms with Crippen molar-refractivity contribution >= 4 is 62.9 Å². The molecule has 0 saturated carbocycles. The molecule has 0 aliphatic rings. The number of rotatable bonds is 5. The number of phenolic OH excluding ortho intramolecular Hbond substituents is 2. The lowest BCUT2D eigenvalue weighted by Gasteiger charge is -2.22. The second-order valence-electron chi connectivity index (χ2n) is 11.7. The third kappa shape index (κ3) is 11.4. The number of aromatic nitrogens is 4. The highest BCUT2D eigenvalue weighted by Gasteiger charge is 2.23. The molecule has 288 valence electrons. The SMILES string of the molecule is Nc1cc(Cl)ccn1.O=Cc1ccc(F)cc1F.Oc1c(C(Nc2cc(Cl)ccn2)c2ccc(F)cc2F)ccc2cccnc12.Oc1cccc2cccnc12. The van der Waals surface area contributed by atoms with Crippen LogP contribution in [0.5, 0.6) is 11.5 Å². The van der Waals surface area contributed by atoms with Gasteiger partial charge in [0.05, 0.1) is 11.6 Å². The standard InChI is InChI=1S/C21H14ClF2N3O.C9H7NO.C7H4F2O.C5H5ClN2/c22-13-7-9-25-18(10-13)27-20(15-6-4-14(23)11-17(15)24)16-5-3-12-2-1-8-26-19(12)21(16)28;11-8-5-1-3-7-4-2-6-10-9(7)8;8-6-2-1-5(4-10)7(9)3-6;6-4-1-2-8-5(7)3-4/h1-11,20,28H,(H,25,27);1-6,11H;1-4H;1-3H,(H2,7,8). The Hall–Kier alpha value is -6.83. The third-order valence-corrected chi connectivity index (χ3v) is 8.29. The number of nitrogen functional groups attached to an aromatic ring is 1. The van der Waals surface area contributed by atoms with Crippen molar-refractivity contribution in [2.45, 2.75) is 6.04 Å². The zero-order chi connectivity index (χ0) is 40.9. The molecule has 1 atom stereocenters. The number of aromatic hydroxyl groups is 2. The molecule has 0 saturated heterocycles. The number of anilines is 2. The maximum absolute atomic E-state index is 14.6. The van der Waals surface area contributed by atoms with Crippen LogP contribution in [-0.4, -0.2) is 36.4 Å². The topological polar surface area (TPSA) is 147 Å². The Balaban J connectivity index is 0.000000173. The molecule has 8 aromatic rings. The van der Waals surface area contributed by atoms with Crippen LogP contribution >= 0.6 is 23.2 Å². The number of hydrogen-bond acceptors (Lipinski definition) is 9. The highest BCUT2D eigenvalue weighted by molar-refractivity contribution is 6.31. The van der Waals surface area contributed by atoms with Gasteiger partial charge in [-0.1, -0.05) is 65.7 Å². The lowest BCUT2D eigenvalue weighted by Crippen LogP contribution is -2.15. The van der Waals surface area contributed by atoms with Crippen LogP contribution in [0.1, 0.15) is 27.5 Å². The van der Waals surface area contributed by atoms with Crippen molar-refractivity contribution in [3.05, 3.63) is 190 Å². The van der Waals surface area contributed by atoms with Crippen molar-refractivity contribution in [3.63, 3.8) is 0 Å². The number of nitrogens with one attached hydrogen (secondary N) is 1. The lowest BCUT2D eigenvalue weighted by molar-refractivity contribution is 0.111. The van der Waals surface area contributed by atoms with Gasteiger partial charge in [-0.3, -0.25) is 14.8 Å². The molecule has 8 rings (SSSR count). The van der Waals surface area contributed by atoms with Crippen molar-refractivity contribution in [2.75, 3.05) is 11.1 Å². The van der Waals surface area contributed by atoms with Crippen molar-refractivity contribution in [1.29, 1.82) is 0 Å². The summed E-state index contributed by atoms with van der Waals surface area (Å²) in [5, 5.41) is 26.0. The molecule has 0 amide bonds. The van der Waals surface area contributed by atoms with Crippen molar-refractivity contribution < 1.29 is 32.6 Å². The Bertz CT molecular complexity index is 2620. The molecule has 0 aliphatic carbocycles. The Labute approximate surface area is 333 Å². The second-order valence-corrected chi connectivity index (χ2v) is 12.6. The first-order valence-electron chi connectivity index (χ1n) is 16.6. The molecule has 0 aliphatic heterocycles. The van der Waals surface area contributed by atoms with E-state index in [2.05, 4.69) is 25.3 Å². The number of carbonyl (C=O) groups is 1. The van der Waals surface area contributed by atoms with Gasteiger partial charge >= 0.3 is 0 Å². The Morgan fingerprint density at radius 1 is 0.614 bits per heavy atom. The van der Waals surface area contributed by atoms with E-state index in [0.717, 1.165) is 35.0 Å². The number of fused-ring (bicyclic) bond motifs is 2. The number of nitrogens with zero attached hydrogens (tertiary/aromatic N) is 4. The van der Waals surface area contributed by atoms with E-state index >= 15 is 0 Å². The number of hydrogen-bond donors (Lipinski definition) is 4. The van der Waals surface area contributed by atoms with Crippen LogP contribution in [0.2, 0.25) is 10.0 Å². The summed E-state index contributed by atoms with van der Waals surface area (Å²) in [5.41, 5.74) is 6.70. The molecule has 0 fully saturated rings. The number of pyridine rings is 4. The molecule has 5 N–H and O–H groups in total. The highest BCUT2D eigenvalue weighted by Crippen LogP contribution is 2.37. The summed E-state index contributed by atoms with van der Waals surface area (Å²) in [7, 11) is 0. The minimum atomic E-state index is -0.849. The predicted octanol–water partition coefficient (Wildman–Crippen LogP) is 10.5. The number of nitrogens with two attached hydrogens (primary N) is 1. The summed E-state index contributed by atoms with van der Waals surface area (Å²) in [6, 6.07) is 27.8. The smallest absolute Gasteiger partial charge is 0.152 e. The Kier molecular flexibility index (Phi) is 14.3. The fourth-order valence-electron chi connectivity index (χ4n) is 5.17. The van der Waals surface area contributed by atoms with Crippen LogP contribution < -0.4 is 11.1 Å². The normalized spacial score (nSPS) is 10.8. The maximum atomic E-state index is 14.6. The van der Waals surface area contributed by atoms with Gasteiger partial charge in [-0.2, -0.15) is 0 Å². The molecule has 4 aromatic carbocycles. The number of aldehydes is 1. The fourth-order valence-corrected chi connectivity index (χ4v) is 5.50. The number of para-hydroxylation sites is 1. The van der Waals surface area contributed by atoms with E-state index in [-0.39, 0.29) is 22.6 Å². The van der Waals surface area contributed by atoms with Gasteiger partial charge in [0.2, 0.25) is 0 Å². The number of halogens is 6. The first kappa shape index (κ1) is 41.3. The third-order valence-electron chi connectivity index (χ3n) is 7.82. The minimum absolute atomic E-state index is 0.0960. The first-order chi connectivity index (χ1) is 27.4. The zero-order valence-electron chi connectivity index (χ0n) is 29.4. The molecule has 15 heteroatoms. The van der Waals surface area contributed by atoms with Crippen molar-refractivity contribution in [2.24, 2.45) is 0 Å². The minimum Gasteiger partial charge on any atom is -0.506 e. The average molecular weight is 814 g/mol. The van der Waals surface area contributed by atoms with E-state index in [4.69, 9.17) is 28.9 Å². The molecule has 0 bridgehead atoms. The van der Waals surface area contributed by atoms with Crippen LogP contribution in [0.4, 0.5) is 29.2 Å². The molecule has 4 aromatic heterocycles. The second kappa shape index (κ2) is 19.7. The summed E-state index contributed by atoms with van der Waals surface area (Å²) in [4.78, 5) is 26.1. The van der Waals surface area contributed by atoms with Crippen LogP contribution in [0, 0.1) is 23.3 Å². The molecule has 1 unspecified atom stereocenters. The predicted molar refractivity (Wildman–Crippen MR) is 213 cm³/mol. The molecule has 57 heavy (non-hydrogen) atoms. The number of phenols is 2. The number of benzene rings is 4. The van der Waals surface area contributed by atoms with Gasteiger partial charge in [0, 0.05) is 68.9 Å². The largest absolute Gasteiger partial charge is 0.506 e. The van der Waals surface area contributed by atoms with Crippen LogP contribution in [0.15, 0.2) is 140 Å². The van der Waals surface area contributed by atoms with Gasteiger partial charge in [-0.05, 0) is 60.7 Å². The van der Waals surface area contributed by atoms with Gasteiger partial charge in [0.1, 0.15) is 57.4 Å². The van der Waals surface area contributed by atoms with E-state index in [0.29, 0.717) is 50.6 Å². The van der Waals surface area contributed by atoms with Crippen LogP contribution in [0.25, 0.3) is 21.8 Å². The van der Waals surface area contributed by atoms with Gasteiger partial charge < -0.3 is 21.3 Å². The molecule has 0 radical (unpaired) electrons. The highest BCUT2D eigenvalue weighted by atomic mass is 35.5. The summed E-state index contributed by atoms with van der Waals surface area (Å²) in [6.07, 6.45) is 6.64. The van der Waals surface area contributed by atoms with Crippen molar-refractivity contribution in [1.82, 2.24) is 19.9 Å². The van der Waals surface area contributed by atoms with Crippen LogP contribution in [0.3, 0.4) is 0 Å². The van der Waals surface area contributed by atoms with Gasteiger partial charge in [0.25, 0.3) is 0 Å². The Morgan fingerprint density at radius 2 is 1.21 bits per heavy atom. The van der Waals surface area contributed by atoms with E-state index in [1.165, 1.54) is 12.3 Å². The molecule has 9 nitrogen and oxygen atoms in total. The summed E-state index contributed by atoms with van der Waals surface area (Å²) >= 11 is 11.5. The van der Waals surface area contributed by atoms with E-state index in [9.17, 15) is 32.6 Å². The van der Waals surface area contributed by atoms with E-state index in [1.807, 2.05) is 24.3 Å². The zero-order valence-corrected chi connectivity index (χ0v) is 30.9. The van der Waals surface area contributed by atoms with E-state index < -0.39 is 29.3 Å². The molecular formula is C42H30Cl2F4N6O3. The summed E-state index contributed by atoms with van der Waals surface area (Å²) in [5.74, 6) is -1.97. The van der Waals surface area contributed by atoms with Gasteiger partial charge in [-0.15, -0.1) is 0 Å². The average Bonchev–Trinajstić information content (AvgIpc) is 3.19. The van der Waals surface area contributed by atoms with Crippen LogP contribution in [-0.2, 0) is 0 Å². The maximum Gasteiger partial charge on any atom is 0.152 e. The molecule has 4 heterocycles. The van der Waals surface area contributed by atoms with E-state index in [1.54, 1.807) is 73.2 Å². The monoisotopic (exact) mass is 812 g/mol. The molecular weight excluding hydrogens is 783 g/mol. The van der Waals surface area contributed by atoms with Gasteiger partial charge in [0.15, 0.2) is 6.29 Å². The first-order valence-corrected chi connectivity index (χ1v) is 17.4. The van der Waals surface area contributed by atoms with Gasteiger partial charge in [-0.25, -0.2) is 27.5 Å². The number of carbonyl (C=O) groups excluding carboxylic acids is 1. The van der Waals surface area contributed by atoms with Crippen molar-refractivity contribution in [3.8, 4) is 11.5 Å². The Morgan fingerprint density at radius 3 is 1.81 bits per heavy atom. The quantitative estimate of drug-likeness (QED) is 0.0985. The fraction of sp³-hybridized carbons (Fsp3) is 0.0238. The lowest BCUT2D eigenvalue weighted by atomic mass is 9.95. The summed E-state index contributed by atoms with van der Waals surface area (Å²) in [6.45, 7) is 0. The summed E-state index contributed by atoms with van der Waals surface area (Å²) < 4.78 is 52.5.